The summed E-state index contributed by atoms with van der Waals surface area (Å²) in [5.41, 5.74) is 0.269. The number of nitrogens with one attached hydrogen (secondary N) is 2. The Labute approximate surface area is 158 Å². The molecular formula is C16H14FN3O5S2. The number of hydrogen-bond acceptors (Lipinski definition) is 7. The van der Waals surface area contributed by atoms with Gasteiger partial charge in [0.2, 0.25) is 10.0 Å². The van der Waals surface area contributed by atoms with Crippen LogP contribution < -0.4 is 10.0 Å². The summed E-state index contributed by atoms with van der Waals surface area (Å²) in [5, 5.41) is 13.2. The number of nitriles is 1. The topological polar surface area (TPSA) is 125 Å². The van der Waals surface area contributed by atoms with Crippen LogP contribution in [0.2, 0.25) is 0 Å². The lowest BCUT2D eigenvalue weighted by Gasteiger charge is -2.14. The van der Waals surface area contributed by atoms with E-state index in [9.17, 15) is 22.4 Å². The SMILES string of the molecule is C[C@H](NS(=O)(=O)c1ccccc1F)C(=O)OCC(=O)Nc1sccc1C#N. The summed E-state index contributed by atoms with van der Waals surface area (Å²) in [5.74, 6) is -2.67. The zero-order valence-electron chi connectivity index (χ0n) is 13.9. The summed E-state index contributed by atoms with van der Waals surface area (Å²) >= 11 is 1.13. The van der Waals surface area contributed by atoms with Gasteiger partial charge in [-0.05, 0) is 30.5 Å². The normalized spacial score (nSPS) is 12.0. The molecule has 0 unspecified atom stereocenters. The minimum atomic E-state index is -4.28. The highest BCUT2D eigenvalue weighted by Gasteiger charge is 2.25. The zero-order valence-corrected chi connectivity index (χ0v) is 15.6. The lowest BCUT2D eigenvalue weighted by Crippen LogP contribution is -2.40. The van der Waals surface area contributed by atoms with Gasteiger partial charge < -0.3 is 10.1 Å². The van der Waals surface area contributed by atoms with Gasteiger partial charge >= 0.3 is 5.97 Å². The molecule has 1 aromatic carbocycles. The number of carbonyl (C=O) groups excluding carboxylic acids is 2. The van der Waals surface area contributed by atoms with Crippen LogP contribution in [0.25, 0.3) is 0 Å². The summed E-state index contributed by atoms with van der Waals surface area (Å²) in [6.45, 7) is 0.527. The molecule has 1 heterocycles. The molecule has 1 aromatic heterocycles. The Morgan fingerprint density at radius 1 is 1.33 bits per heavy atom. The van der Waals surface area contributed by atoms with Gasteiger partial charge in [0.05, 0.1) is 5.56 Å². The number of hydrogen-bond donors (Lipinski definition) is 2. The van der Waals surface area contributed by atoms with Crippen LogP contribution >= 0.6 is 11.3 Å². The maximum atomic E-state index is 13.6. The molecule has 0 fully saturated rings. The zero-order chi connectivity index (χ0) is 20.0. The monoisotopic (exact) mass is 411 g/mol. The van der Waals surface area contributed by atoms with E-state index in [0.717, 1.165) is 23.5 Å². The number of thiophene rings is 1. The highest BCUT2D eigenvalue weighted by atomic mass is 32.2. The van der Waals surface area contributed by atoms with Crippen molar-refractivity contribution in [3.05, 3.63) is 47.1 Å². The first-order valence-electron chi connectivity index (χ1n) is 7.45. The molecule has 0 aliphatic rings. The van der Waals surface area contributed by atoms with Gasteiger partial charge in [0.15, 0.2) is 6.61 Å². The molecule has 2 aromatic rings. The third-order valence-corrected chi connectivity index (χ3v) is 5.60. The largest absolute Gasteiger partial charge is 0.454 e. The fraction of sp³-hybridized carbons (Fsp3) is 0.188. The van der Waals surface area contributed by atoms with Crippen LogP contribution in [0, 0.1) is 17.1 Å². The van der Waals surface area contributed by atoms with Gasteiger partial charge in [0.25, 0.3) is 5.91 Å². The maximum Gasteiger partial charge on any atom is 0.324 e. The van der Waals surface area contributed by atoms with Crippen LogP contribution in [-0.2, 0) is 24.3 Å². The second-order valence-corrected chi connectivity index (χ2v) is 7.80. The predicted octanol–water partition coefficient (Wildman–Crippen LogP) is 1.61. The van der Waals surface area contributed by atoms with Gasteiger partial charge in [0, 0.05) is 0 Å². The fourth-order valence-corrected chi connectivity index (χ4v) is 3.95. The number of esters is 1. The molecule has 2 N–H and O–H groups in total. The molecule has 8 nitrogen and oxygen atoms in total. The Morgan fingerprint density at radius 2 is 2.04 bits per heavy atom. The van der Waals surface area contributed by atoms with Crippen molar-refractivity contribution in [3.8, 4) is 6.07 Å². The Balaban J connectivity index is 1.91. The predicted molar refractivity (Wildman–Crippen MR) is 94.8 cm³/mol. The van der Waals surface area contributed by atoms with E-state index in [-0.39, 0.29) is 5.56 Å². The van der Waals surface area contributed by atoms with E-state index in [0.29, 0.717) is 5.00 Å². The maximum absolute atomic E-state index is 13.6. The number of amides is 1. The third kappa shape index (κ3) is 5.33. The van der Waals surface area contributed by atoms with Gasteiger partial charge in [-0.3, -0.25) is 9.59 Å². The second kappa shape index (κ2) is 8.72. The van der Waals surface area contributed by atoms with Crippen LogP contribution in [-0.4, -0.2) is 32.9 Å². The Kier molecular flexibility index (Phi) is 6.62. The summed E-state index contributed by atoms with van der Waals surface area (Å²) < 4.78 is 44.6. The molecule has 142 valence electrons. The van der Waals surface area contributed by atoms with Crippen molar-refractivity contribution in [3.63, 3.8) is 0 Å². The number of ether oxygens (including phenoxy) is 1. The van der Waals surface area contributed by atoms with Crippen molar-refractivity contribution in [2.45, 2.75) is 17.9 Å². The Hall–Kier alpha value is -2.81. The number of anilines is 1. The first kappa shape index (κ1) is 20.5. The van der Waals surface area contributed by atoms with Crippen LogP contribution in [0.5, 0.6) is 0 Å². The van der Waals surface area contributed by atoms with Gasteiger partial charge in [0.1, 0.15) is 27.8 Å². The van der Waals surface area contributed by atoms with E-state index in [4.69, 9.17) is 10.00 Å². The van der Waals surface area contributed by atoms with Gasteiger partial charge in [-0.2, -0.15) is 9.98 Å². The number of nitrogens with zero attached hydrogens (tertiary/aromatic N) is 1. The first-order chi connectivity index (χ1) is 12.7. The fourth-order valence-electron chi connectivity index (χ4n) is 1.93. The van der Waals surface area contributed by atoms with E-state index in [1.54, 1.807) is 5.38 Å². The highest BCUT2D eigenvalue weighted by Crippen LogP contribution is 2.21. The van der Waals surface area contributed by atoms with Gasteiger partial charge in [-0.1, -0.05) is 12.1 Å². The molecule has 11 heteroatoms. The summed E-state index contributed by atoms with van der Waals surface area (Å²) in [4.78, 5) is 23.1. The minimum absolute atomic E-state index is 0.269. The molecule has 0 saturated carbocycles. The van der Waals surface area contributed by atoms with Crippen LogP contribution in [0.15, 0.2) is 40.6 Å². The standard InChI is InChI=1S/C16H14FN3O5S2/c1-10(20-27(23,24)13-5-3-2-4-12(13)17)16(22)25-9-14(21)19-15-11(8-18)6-7-26-15/h2-7,10,20H,9H2,1H3,(H,19,21)/t10-/m0/s1. The summed E-state index contributed by atoms with van der Waals surface area (Å²) in [6.07, 6.45) is 0. The third-order valence-electron chi connectivity index (χ3n) is 3.20. The van der Waals surface area contributed by atoms with Crippen molar-refractivity contribution >= 4 is 38.2 Å². The molecule has 1 atom stereocenters. The van der Waals surface area contributed by atoms with Crippen molar-refractivity contribution in [1.82, 2.24) is 4.72 Å². The smallest absolute Gasteiger partial charge is 0.324 e. The van der Waals surface area contributed by atoms with Crippen LogP contribution in [0.4, 0.5) is 9.39 Å². The van der Waals surface area contributed by atoms with Crippen LogP contribution in [0.1, 0.15) is 12.5 Å². The second-order valence-electron chi connectivity index (χ2n) is 5.20. The summed E-state index contributed by atoms with van der Waals surface area (Å²) in [7, 11) is -4.28. The molecule has 0 aliphatic heterocycles. The van der Waals surface area contributed by atoms with Crippen molar-refractivity contribution in [1.29, 1.82) is 5.26 Å². The number of carbonyl (C=O) groups is 2. The first-order valence-corrected chi connectivity index (χ1v) is 9.82. The Bertz CT molecular complexity index is 997. The molecule has 27 heavy (non-hydrogen) atoms. The Morgan fingerprint density at radius 3 is 2.70 bits per heavy atom. The van der Waals surface area contributed by atoms with Crippen molar-refractivity contribution < 1.29 is 27.1 Å². The molecule has 0 saturated heterocycles. The number of sulfonamides is 1. The average molecular weight is 411 g/mol. The molecule has 0 spiro atoms. The minimum Gasteiger partial charge on any atom is -0.454 e. The van der Waals surface area contributed by atoms with E-state index >= 15 is 0 Å². The quantitative estimate of drug-likeness (QED) is 0.667. The number of halogens is 1. The van der Waals surface area contributed by atoms with Gasteiger partial charge in [-0.15, -0.1) is 11.3 Å². The molecule has 0 radical (unpaired) electrons. The molecule has 0 bridgehead atoms. The van der Waals surface area contributed by atoms with Crippen LogP contribution in [0.3, 0.4) is 0 Å². The van der Waals surface area contributed by atoms with E-state index in [2.05, 4.69) is 5.32 Å². The lowest BCUT2D eigenvalue weighted by atomic mass is 10.3. The number of rotatable bonds is 7. The van der Waals surface area contributed by atoms with Crippen molar-refractivity contribution in [2.75, 3.05) is 11.9 Å². The summed E-state index contributed by atoms with van der Waals surface area (Å²) in [6, 6.07) is 6.76. The van der Waals surface area contributed by atoms with Crippen molar-refractivity contribution in [2.24, 2.45) is 0 Å². The number of benzene rings is 1. The van der Waals surface area contributed by atoms with E-state index in [1.807, 2.05) is 10.8 Å². The average Bonchev–Trinajstić information content (AvgIpc) is 3.06. The highest BCUT2D eigenvalue weighted by molar-refractivity contribution is 7.89. The molecular weight excluding hydrogens is 397 g/mol. The molecule has 2 rings (SSSR count). The van der Waals surface area contributed by atoms with E-state index < -0.39 is 45.3 Å². The van der Waals surface area contributed by atoms with E-state index in [1.165, 1.54) is 25.1 Å². The van der Waals surface area contributed by atoms with Gasteiger partial charge in [-0.25, -0.2) is 12.8 Å². The molecule has 0 aliphatic carbocycles. The molecule has 1 amide bonds. The lowest BCUT2D eigenvalue weighted by molar-refractivity contribution is -0.148.